The number of nitrogens with zero attached hydrogens (tertiary/aromatic N) is 4. The van der Waals surface area contributed by atoms with Crippen molar-refractivity contribution < 1.29 is 9.59 Å². The predicted molar refractivity (Wildman–Crippen MR) is 74.7 cm³/mol. The summed E-state index contributed by atoms with van der Waals surface area (Å²) < 4.78 is 1.63. The first-order chi connectivity index (χ1) is 10.0. The summed E-state index contributed by atoms with van der Waals surface area (Å²) >= 11 is 0. The van der Waals surface area contributed by atoms with Crippen LogP contribution in [0.4, 0.5) is 0 Å². The second-order valence-electron chi connectivity index (χ2n) is 4.87. The van der Waals surface area contributed by atoms with Gasteiger partial charge in [-0.25, -0.2) is 0 Å². The summed E-state index contributed by atoms with van der Waals surface area (Å²) in [4.78, 5) is 23.7. The summed E-state index contributed by atoms with van der Waals surface area (Å²) in [5.74, 6) is 0.104. The highest BCUT2D eigenvalue weighted by Crippen LogP contribution is 2.15. The van der Waals surface area contributed by atoms with Crippen molar-refractivity contribution in [2.45, 2.75) is 32.7 Å². The number of aromatic nitrogens is 5. The summed E-state index contributed by atoms with van der Waals surface area (Å²) in [6.07, 6.45) is 3.21. The van der Waals surface area contributed by atoms with Crippen molar-refractivity contribution in [2.75, 3.05) is 0 Å². The molecule has 0 aromatic carbocycles. The van der Waals surface area contributed by atoms with Gasteiger partial charge in [-0.3, -0.25) is 9.59 Å². The summed E-state index contributed by atoms with van der Waals surface area (Å²) in [7, 11) is 1.73. The molecule has 0 bridgehead atoms. The van der Waals surface area contributed by atoms with Gasteiger partial charge in [-0.1, -0.05) is 18.6 Å². The summed E-state index contributed by atoms with van der Waals surface area (Å²) in [5, 5.41) is 16.6. The minimum absolute atomic E-state index is 0.0760. The number of ketones is 1. The monoisotopic (exact) mass is 290 g/mol. The van der Waals surface area contributed by atoms with Gasteiger partial charge in [-0.05, 0) is 19.4 Å². The van der Waals surface area contributed by atoms with Crippen molar-refractivity contribution in [1.29, 1.82) is 0 Å². The first-order valence-corrected chi connectivity index (χ1v) is 6.74. The van der Waals surface area contributed by atoms with Gasteiger partial charge in [0.05, 0.1) is 6.04 Å². The molecule has 2 rings (SSSR count). The van der Waals surface area contributed by atoms with Crippen LogP contribution in [0.1, 0.15) is 59.4 Å². The van der Waals surface area contributed by atoms with Gasteiger partial charge >= 0.3 is 0 Å². The molecule has 1 amide bonds. The molecule has 0 aliphatic heterocycles. The molecular formula is C13H18N6O2. The topological polar surface area (TPSA) is 106 Å². The standard InChI is InChI=1S/C13H18N6O2/c1-4-5-10(12-15-17-18-16-12)14-13(21)11-6-9(8(2)20)7-19(11)3/h6-7,10H,4-5H2,1-3H3,(H,14,21)(H,15,16,17,18)/t10-/m0/s1. The fraction of sp³-hybridized carbons (Fsp3) is 0.462. The molecule has 0 radical (unpaired) electrons. The smallest absolute Gasteiger partial charge is 0.268 e. The van der Waals surface area contributed by atoms with E-state index in [4.69, 9.17) is 0 Å². The van der Waals surface area contributed by atoms with Crippen LogP contribution in [-0.2, 0) is 7.05 Å². The third-order valence-electron chi connectivity index (χ3n) is 3.20. The Morgan fingerprint density at radius 3 is 2.76 bits per heavy atom. The van der Waals surface area contributed by atoms with Crippen LogP contribution < -0.4 is 5.32 Å². The number of tetrazole rings is 1. The van der Waals surface area contributed by atoms with E-state index in [2.05, 4.69) is 25.9 Å². The number of carbonyl (C=O) groups excluding carboxylic acids is 2. The molecule has 2 heterocycles. The van der Waals surface area contributed by atoms with Crippen molar-refractivity contribution in [1.82, 2.24) is 30.5 Å². The number of aryl methyl sites for hydroxylation is 1. The molecule has 8 nitrogen and oxygen atoms in total. The van der Waals surface area contributed by atoms with E-state index in [0.717, 1.165) is 6.42 Å². The van der Waals surface area contributed by atoms with Crippen molar-refractivity contribution in [3.8, 4) is 0 Å². The molecule has 8 heteroatoms. The lowest BCUT2D eigenvalue weighted by atomic mass is 10.1. The summed E-state index contributed by atoms with van der Waals surface area (Å²) in [5.41, 5.74) is 0.930. The van der Waals surface area contributed by atoms with Gasteiger partial charge in [0.15, 0.2) is 11.6 Å². The van der Waals surface area contributed by atoms with Crippen LogP contribution in [0, 0.1) is 0 Å². The first-order valence-electron chi connectivity index (χ1n) is 6.74. The molecule has 2 N–H and O–H groups in total. The Morgan fingerprint density at radius 2 is 2.24 bits per heavy atom. The lowest BCUT2D eigenvalue weighted by Gasteiger charge is -2.14. The number of Topliss-reactive ketones (excluding diaryl/α,β-unsaturated/α-hetero) is 1. The molecule has 2 aromatic heterocycles. The van der Waals surface area contributed by atoms with E-state index < -0.39 is 0 Å². The van der Waals surface area contributed by atoms with E-state index in [1.54, 1.807) is 23.9 Å². The molecule has 112 valence electrons. The quantitative estimate of drug-likeness (QED) is 0.772. The highest BCUT2D eigenvalue weighted by Gasteiger charge is 2.21. The van der Waals surface area contributed by atoms with Gasteiger partial charge in [0.1, 0.15) is 5.69 Å². The zero-order valence-electron chi connectivity index (χ0n) is 12.3. The molecular weight excluding hydrogens is 272 g/mol. The summed E-state index contributed by atoms with van der Waals surface area (Å²) in [6, 6.07) is 1.27. The van der Waals surface area contributed by atoms with Crippen molar-refractivity contribution >= 4 is 11.7 Å². The van der Waals surface area contributed by atoms with Crippen molar-refractivity contribution in [3.05, 3.63) is 29.3 Å². The predicted octanol–water partition coefficient (Wildman–Crippen LogP) is 1.01. The van der Waals surface area contributed by atoms with Crippen molar-refractivity contribution in [2.24, 2.45) is 7.05 Å². The van der Waals surface area contributed by atoms with E-state index in [0.29, 0.717) is 23.5 Å². The van der Waals surface area contributed by atoms with E-state index in [-0.39, 0.29) is 17.7 Å². The Labute approximate surface area is 121 Å². The van der Waals surface area contributed by atoms with E-state index in [1.807, 2.05) is 6.92 Å². The number of nitrogens with one attached hydrogen (secondary N) is 2. The van der Waals surface area contributed by atoms with Gasteiger partial charge in [0.2, 0.25) is 0 Å². The lowest BCUT2D eigenvalue weighted by molar-refractivity contribution is 0.0924. The molecule has 0 unspecified atom stereocenters. The van der Waals surface area contributed by atoms with Gasteiger partial charge in [0, 0.05) is 18.8 Å². The Hall–Kier alpha value is -2.51. The highest BCUT2D eigenvalue weighted by molar-refractivity contribution is 5.99. The van der Waals surface area contributed by atoms with Crippen LogP contribution >= 0.6 is 0 Å². The molecule has 0 aliphatic carbocycles. The van der Waals surface area contributed by atoms with Crippen molar-refractivity contribution in [3.63, 3.8) is 0 Å². The molecule has 0 saturated heterocycles. The fourth-order valence-corrected chi connectivity index (χ4v) is 2.09. The van der Waals surface area contributed by atoms with Crippen LogP contribution in [0.2, 0.25) is 0 Å². The Bertz CT molecular complexity index is 631. The van der Waals surface area contributed by atoms with E-state index >= 15 is 0 Å². The number of rotatable bonds is 6. The number of hydrogen-bond donors (Lipinski definition) is 2. The second kappa shape index (κ2) is 6.29. The molecule has 0 aliphatic rings. The maximum absolute atomic E-state index is 12.4. The van der Waals surface area contributed by atoms with Crippen LogP contribution in [0.15, 0.2) is 12.3 Å². The Kier molecular flexibility index (Phi) is 4.46. The number of hydrogen-bond acceptors (Lipinski definition) is 5. The van der Waals surface area contributed by atoms with Gasteiger partial charge in [0.25, 0.3) is 5.91 Å². The largest absolute Gasteiger partial charge is 0.346 e. The van der Waals surface area contributed by atoms with Crippen LogP contribution in [0.25, 0.3) is 0 Å². The van der Waals surface area contributed by atoms with Crippen LogP contribution in [-0.4, -0.2) is 36.9 Å². The zero-order valence-corrected chi connectivity index (χ0v) is 12.3. The zero-order chi connectivity index (χ0) is 15.4. The average Bonchev–Trinajstić information content (AvgIpc) is 3.07. The number of aromatic amines is 1. The lowest BCUT2D eigenvalue weighted by Crippen LogP contribution is -2.30. The maximum atomic E-state index is 12.4. The molecule has 2 aromatic rings. The third kappa shape index (κ3) is 3.33. The molecule has 0 saturated carbocycles. The van der Waals surface area contributed by atoms with Crippen LogP contribution in [0.3, 0.4) is 0 Å². The SMILES string of the molecule is CCC[C@H](NC(=O)c1cc(C(C)=O)cn1C)c1nn[nH]n1. The van der Waals surface area contributed by atoms with Gasteiger partial charge in [-0.2, -0.15) is 5.21 Å². The van der Waals surface area contributed by atoms with E-state index in [1.165, 1.54) is 6.92 Å². The normalized spacial score (nSPS) is 12.1. The van der Waals surface area contributed by atoms with Crippen LogP contribution in [0.5, 0.6) is 0 Å². The second-order valence-corrected chi connectivity index (χ2v) is 4.87. The molecule has 0 spiro atoms. The Balaban J connectivity index is 2.17. The number of carbonyl (C=O) groups is 2. The minimum atomic E-state index is -0.308. The first kappa shape index (κ1) is 14.9. The number of amides is 1. The molecule has 21 heavy (non-hydrogen) atoms. The number of H-pyrrole nitrogens is 1. The van der Waals surface area contributed by atoms with Gasteiger partial charge in [-0.15, -0.1) is 10.2 Å². The Morgan fingerprint density at radius 1 is 1.48 bits per heavy atom. The highest BCUT2D eigenvalue weighted by atomic mass is 16.2. The average molecular weight is 290 g/mol. The van der Waals surface area contributed by atoms with E-state index in [9.17, 15) is 9.59 Å². The minimum Gasteiger partial charge on any atom is -0.346 e. The molecule has 0 fully saturated rings. The molecule has 1 atom stereocenters. The maximum Gasteiger partial charge on any atom is 0.268 e. The van der Waals surface area contributed by atoms with Gasteiger partial charge < -0.3 is 9.88 Å². The summed E-state index contributed by atoms with van der Waals surface area (Å²) in [6.45, 7) is 3.48. The fourth-order valence-electron chi connectivity index (χ4n) is 2.09. The third-order valence-corrected chi connectivity index (χ3v) is 3.20.